The Morgan fingerprint density at radius 1 is 1.05 bits per heavy atom. The molecule has 3 N–H and O–H groups in total. The lowest BCUT2D eigenvalue weighted by molar-refractivity contribution is -0.363. The summed E-state index contributed by atoms with van der Waals surface area (Å²) in [6.07, 6.45) is 1.65. The molecule has 3 aromatic rings. The first-order chi connectivity index (χ1) is 8.83. The van der Waals surface area contributed by atoms with E-state index in [1.165, 1.54) is 0 Å². The lowest BCUT2D eigenvalue weighted by atomic mass is 10.2. The van der Waals surface area contributed by atoms with Gasteiger partial charge in [0, 0.05) is 6.07 Å². The monoisotopic (exact) mass is 273 g/mol. The van der Waals surface area contributed by atoms with Crippen molar-refractivity contribution in [3.8, 4) is 5.75 Å². The third-order valence-corrected chi connectivity index (χ3v) is 2.70. The lowest BCUT2D eigenvalue weighted by Crippen LogP contribution is -3.00. The molecule has 1 aromatic heterocycles. The van der Waals surface area contributed by atoms with Crippen LogP contribution in [0.1, 0.15) is 0 Å². The quantitative estimate of drug-likeness (QED) is 0.662. The zero-order valence-electron chi connectivity index (χ0n) is 9.97. The summed E-state index contributed by atoms with van der Waals surface area (Å²) in [4.78, 5) is 7.33. The molecular weight excluding hydrogens is 262 g/mol. The van der Waals surface area contributed by atoms with E-state index < -0.39 is 0 Å². The highest BCUT2D eigenvalue weighted by Gasteiger charge is 2.08. The van der Waals surface area contributed by atoms with E-state index in [1.54, 1.807) is 24.5 Å². The number of nitrogens with one attached hydrogen (secondary N) is 2. The van der Waals surface area contributed by atoms with Crippen LogP contribution < -0.4 is 22.7 Å². The van der Waals surface area contributed by atoms with Gasteiger partial charge in [-0.25, -0.2) is 4.98 Å². The van der Waals surface area contributed by atoms with Crippen LogP contribution in [-0.4, -0.2) is 10.1 Å². The van der Waals surface area contributed by atoms with Crippen molar-refractivity contribution in [3.05, 3.63) is 54.9 Å². The van der Waals surface area contributed by atoms with E-state index in [2.05, 4.69) is 15.3 Å². The van der Waals surface area contributed by atoms with E-state index in [9.17, 15) is 5.11 Å². The molecule has 0 aliphatic heterocycles. The van der Waals surface area contributed by atoms with Crippen molar-refractivity contribution in [2.75, 3.05) is 5.32 Å². The number of phenols is 1. The number of aromatic amines is 1. The Kier molecular flexibility index (Phi) is 3.82. The Balaban J connectivity index is 0.00000133. The maximum absolute atomic E-state index is 9.44. The van der Waals surface area contributed by atoms with Crippen molar-refractivity contribution in [1.82, 2.24) is 4.98 Å². The third-order valence-electron chi connectivity index (χ3n) is 2.70. The van der Waals surface area contributed by atoms with E-state index >= 15 is 0 Å². The predicted octanol–water partition coefficient (Wildman–Crippen LogP) is -0.498. The fourth-order valence-electron chi connectivity index (χ4n) is 1.87. The van der Waals surface area contributed by atoms with Crippen LogP contribution in [0.3, 0.4) is 0 Å². The van der Waals surface area contributed by atoms with Crippen molar-refractivity contribution in [2.24, 2.45) is 0 Å². The van der Waals surface area contributed by atoms with Crippen LogP contribution in [0.15, 0.2) is 54.9 Å². The molecule has 0 saturated heterocycles. The van der Waals surface area contributed by atoms with E-state index in [4.69, 9.17) is 0 Å². The summed E-state index contributed by atoms with van der Waals surface area (Å²) >= 11 is 0. The van der Waals surface area contributed by atoms with Gasteiger partial charge in [-0.3, -0.25) is 5.32 Å². The number of para-hydroxylation sites is 1. The SMILES string of the molecule is Oc1cccc(Nc2[nH+]cnc3ccccc23)c1.[Cl-]. The van der Waals surface area contributed by atoms with Crippen molar-refractivity contribution < 1.29 is 22.5 Å². The fraction of sp³-hybridized carbons (Fsp3) is 0. The highest BCUT2D eigenvalue weighted by atomic mass is 35.5. The first-order valence-electron chi connectivity index (χ1n) is 5.64. The molecule has 2 aromatic carbocycles. The van der Waals surface area contributed by atoms with Gasteiger partial charge < -0.3 is 17.5 Å². The minimum Gasteiger partial charge on any atom is -1.00 e. The fourth-order valence-corrected chi connectivity index (χ4v) is 1.87. The summed E-state index contributed by atoms with van der Waals surface area (Å²) in [7, 11) is 0. The zero-order chi connectivity index (χ0) is 12.4. The number of benzene rings is 2. The van der Waals surface area contributed by atoms with E-state index in [1.807, 2.05) is 30.3 Å². The molecule has 0 spiro atoms. The van der Waals surface area contributed by atoms with Crippen molar-refractivity contribution in [3.63, 3.8) is 0 Å². The number of hydrogen-bond acceptors (Lipinski definition) is 3. The van der Waals surface area contributed by atoms with Gasteiger partial charge in [0.15, 0.2) is 5.52 Å². The van der Waals surface area contributed by atoms with Crippen molar-refractivity contribution in [2.45, 2.75) is 0 Å². The lowest BCUT2D eigenvalue weighted by Gasteiger charge is -2.03. The number of aromatic nitrogens is 2. The number of halogens is 1. The molecule has 0 aliphatic carbocycles. The molecule has 0 unspecified atom stereocenters. The molecule has 1 heterocycles. The average Bonchev–Trinajstić information content (AvgIpc) is 2.39. The summed E-state index contributed by atoms with van der Waals surface area (Å²) in [6.45, 7) is 0. The predicted molar refractivity (Wildman–Crippen MR) is 69.7 cm³/mol. The molecule has 0 radical (unpaired) electrons. The van der Waals surface area contributed by atoms with Gasteiger partial charge in [0.05, 0.1) is 11.1 Å². The maximum atomic E-state index is 9.44. The Morgan fingerprint density at radius 3 is 2.74 bits per heavy atom. The number of fused-ring (bicyclic) bond motifs is 1. The van der Waals surface area contributed by atoms with Crippen molar-refractivity contribution >= 4 is 22.4 Å². The smallest absolute Gasteiger partial charge is 0.234 e. The van der Waals surface area contributed by atoms with Crippen LogP contribution in [0.2, 0.25) is 0 Å². The van der Waals surface area contributed by atoms with Crippen LogP contribution in [0.4, 0.5) is 11.5 Å². The number of nitrogens with zero attached hydrogens (tertiary/aromatic N) is 1. The number of phenolic OH excluding ortho intramolecular Hbond substituents is 1. The van der Waals surface area contributed by atoms with E-state index in [-0.39, 0.29) is 18.2 Å². The summed E-state index contributed by atoms with van der Waals surface area (Å²) in [5.41, 5.74) is 1.74. The minimum absolute atomic E-state index is 0. The van der Waals surface area contributed by atoms with Crippen LogP contribution in [0.25, 0.3) is 10.9 Å². The zero-order valence-corrected chi connectivity index (χ0v) is 10.7. The van der Waals surface area contributed by atoms with Crippen LogP contribution >= 0.6 is 0 Å². The van der Waals surface area contributed by atoms with E-state index in [0.717, 1.165) is 22.4 Å². The Hall–Kier alpha value is -2.33. The first-order valence-corrected chi connectivity index (χ1v) is 5.64. The second-order valence-corrected chi connectivity index (χ2v) is 3.97. The molecule has 0 atom stereocenters. The molecule has 96 valence electrons. The van der Waals surface area contributed by atoms with Gasteiger partial charge in [0.1, 0.15) is 5.75 Å². The molecule has 3 rings (SSSR count). The summed E-state index contributed by atoms with van der Waals surface area (Å²) in [5.74, 6) is 1.09. The van der Waals surface area contributed by atoms with Crippen LogP contribution in [0.5, 0.6) is 5.75 Å². The molecule has 0 amide bonds. The Morgan fingerprint density at radius 2 is 1.89 bits per heavy atom. The molecule has 0 saturated carbocycles. The summed E-state index contributed by atoms with van der Waals surface area (Å²) in [5, 5.41) is 13.7. The molecule has 19 heavy (non-hydrogen) atoms. The average molecular weight is 274 g/mol. The number of H-pyrrole nitrogens is 1. The van der Waals surface area contributed by atoms with Gasteiger partial charge in [-0.05, 0) is 24.3 Å². The molecule has 0 bridgehead atoms. The van der Waals surface area contributed by atoms with Gasteiger partial charge >= 0.3 is 0 Å². The highest BCUT2D eigenvalue weighted by molar-refractivity contribution is 5.88. The normalized spacial score (nSPS) is 9.89. The van der Waals surface area contributed by atoms with Crippen molar-refractivity contribution in [1.29, 1.82) is 0 Å². The molecule has 4 nitrogen and oxygen atoms in total. The van der Waals surface area contributed by atoms with Gasteiger partial charge in [-0.15, -0.1) is 4.98 Å². The van der Waals surface area contributed by atoms with Crippen LogP contribution in [0, 0.1) is 0 Å². The number of aromatic hydroxyl groups is 1. The topological polar surface area (TPSA) is 59.3 Å². The molecular formula is C14H12ClN3O. The third kappa shape index (κ3) is 2.74. The Labute approximate surface area is 116 Å². The molecule has 0 aliphatic rings. The number of anilines is 2. The van der Waals surface area contributed by atoms with Gasteiger partial charge in [-0.2, -0.15) is 0 Å². The summed E-state index contributed by atoms with van der Waals surface area (Å²) < 4.78 is 0. The standard InChI is InChI=1S/C14H11N3O.ClH/c18-11-5-3-4-10(8-11)17-14-12-6-1-2-7-13(12)15-9-16-14;/h1-9,18H,(H,15,16,17);1H. The second-order valence-electron chi connectivity index (χ2n) is 3.97. The van der Waals surface area contributed by atoms with Gasteiger partial charge in [-0.1, -0.05) is 18.2 Å². The van der Waals surface area contributed by atoms with E-state index in [0.29, 0.717) is 0 Å². The number of rotatable bonds is 2. The largest absolute Gasteiger partial charge is 1.00 e. The first kappa shape index (κ1) is 13.1. The van der Waals surface area contributed by atoms with Gasteiger partial charge in [0.25, 0.3) is 0 Å². The molecule has 5 heteroatoms. The highest BCUT2D eigenvalue weighted by Crippen LogP contribution is 2.22. The minimum atomic E-state index is 0. The number of hydrogen-bond donors (Lipinski definition) is 2. The van der Waals surface area contributed by atoms with Crippen LogP contribution in [-0.2, 0) is 0 Å². The second kappa shape index (κ2) is 5.54. The molecule has 0 fully saturated rings. The van der Waals surface area contributed by atoms with Gasteiger partial charge in [0.2, 0.25) is 12.1 Å². The Bertz CT molecular complexity index is 698. The maximum Gasteiger partial charge on any atom is 0.234 e. The summed E-state index contributed by atoms with van der Waals surface area (Å²) in [6, 6.07) is 14.9.